The van der Waals surface area contributed by atoms with E-state index in [1.54, 1.807) is 11.0 Å². The zero-order valence-corrected chi connectivity index (χ0v) is 19.7. The van der Waals surface area contributed by atoms with E-state index in [1.807, 2.05) is 47.6 Å². The lowest BCUT2D eigenvalue weighted by molar-refractivity contribution is 0.0265. The van der Waals surface area contributed by atoms with Crippen molar-refractivity contribution in [3.63, 3.8) is 0 Å². The Bertz CT molecular complexity index is 566. The van der Waals surface area contributed by atoms with Crippen LogP contribution in [0.4, 0.5) is 9.59 Å². The number of carbonyl (C=O) groups excluding carboxylic acids is 2. The van der Waals surface area contributed by atoms with Crippen LogP contribution in [0.3, 0.4) is 0 Å². The molecule has 2 aliphatic rings. The average molecular weight is 425 g/mol. The number of aliphatic hydroxyl groups is 1. The zero-order valence-electron chi connectivity index (χ0n) is 19.7. The summed E-state index contributed by atoms with van der Waals surface area (Å²) >= 11 is 0. The second kappa shape index (κ2) is 10.3. The largest absolute Gasteiger partial charge is 0.444 e. The molecule has 2 saturated heterocycles. The van der Waals surface area contributed by atoms with Crippen molar-refractivity contribution in [3.8, 4) is 0 Å². The number of aliphatic hydroxyl groups excluding tert-OH is 1. The van der Waals surface area contributed by atoms with E-state index in [-0.39, 0.29) is 18.1 Å². The topological polar surface area (TPSA) is 79.3 Å². The molecule has 2 amide bonds. The van der Waals surface area contributed by atoms with Crippen LogP contribution in [0, 0.1) is 17.8 Å². The van der Waals surface area contributed by atoms with Gasteiger partial charge in [-0.25, -0.2) is 9.59 Å². The first-order valence-corrected chi connectivity index (χ1v) is 10.6. The fourth-order valence-electron chi connectivity index (χ4n) is 3.29. The van der Waals surface area contributed by atoms with Crippen LogP contribution in [0.5, 0.6) is 0 Å². The van der Waals surface area contributed by atoms with Gasteiger partial charge in [0.15, 0.2) is 0 Å². The van der Waals surface area contributed by atoms with E-state index in [0.29, 0.717) is 24.9 Å². The molecule has 7 heteroatoms. The van der Waals surface area contributed by atoms with Crippen LogP contribution in [0.2, 0.25) is 0 Å². The molecule has 0 aromatic carbocycles. The summed E-state index contributed by atoms with van der Waals surface area (Å²) in [5.41, 5.74) is -0.902. The van der Waals surface area contributed by atoms with Crippen LogP contribution in [0.15, 0.2) is 25.3 Å². The number of hydrogen-bond donors (Lipinski definition) is 1. The van der Waals surface area contributed by atoms with Gasteiger partial charge in [0, 0.05) is 25.6 Å². The van der Waals surface area contributed by atoms with E-state index < -0.39 is 17.3 Å². The molecule has 2 heterocycles. The number of β-amino-alcohol motifs (C(OH)–C–C–N with tert-alkyl or cyclic N) is 1. The summed E-state index contributed by atoms with van der Waals surface area (Å²) in [4.78, 5) is 26.6. The van der Waals surface area contributed by atoms with Crippen molar-refractivity contribution in [3.05, 3.63) is 25.3 Å². The highest BCUT2D eigenvalue weighted by molar-refractivity contribution is 5.69. The molecule has 0 aromatic heterocycles. The van der Waals surface area contributed by atoms with Crippen molar-refractivity contribution in [1.29, 1.82) is 0 Å². The van der Waals surface area contributed by atoms with Crippen LogP contribution in [0.25, 0.3) is 0 Å². The van der Waals surface area contributed by atoms with E-state index in [9.17, 15) is 14.7 Å². The normalized spacial score (nSPS) is 26.5. The Kier molecular flexibility index (Phi) is 8.96. The van der Waals surface area contributed by atoms with Gasteiger partial charge in [0.05, 0.1) is 12.6 Å². The molecule has 0 aliphatic carbocycles. The smallest absolute Gasteiger partial charge is 0.410 e. The molecule has 0 aromatic rings. The summed E-state index contributed by atoms with van der Waals surface area (Å²) in [6.07, 6.45) is 2.50. The first-order valence-electron chi connectivity index (χ1n) is 10.6. The molecule has 0 saturated carbocycles. The van der Waals surface area contributed by atoms with Gasteiger partial charge in [-0.1, -0.05) is 19.1 Å². The number of amides is 2. The molecule has 0 spiro atoms. The molecule has 1 N–H and O–H groups in total. The molecule has 7 nitrogen and oxygen atoms in total. The van der Waals surface area contributed by atoms with E-state index >= 15 is 0 Å². The van der Waals surface area contributed by atoms with Crippen molar-refractivity contribution in [2.24, 2.45) is 17.8 Å². The van der Waals surface area contributed by atoms with Crippen LogP contribution >= 0.6 is 0 Å². The van der Waals surface area contributed by atoms with E-state index in [2.05, 4.69) is 20.1 Å². The Balaban J connectivity index is 0.000000300. The van der Waals surface area contributed by atoms with Crippen molar-refractivity contribution >= 4 is 12.2 Å². The minimum atomic E-state index is -0.519. The highest BCUT2D eigenvalue weighted by atomic mass is 16.6. The van der Waals surface area contributed by atoms with Gasteiger partial charge in [-0.2, -0.15) is 0 Å². The lowest BCUT2D eigenvalue weighted by Gasteiger charge is -2.24. The lowest BCUT2D eigenvalue weighted by Crippen LogP contribution is -2.35. The minimum Gasteiger partial charge on any atom is -0.444 e. The maximum Gasteiger partial charge on any atom is 0.410 e. The SMILES string of the molecule is C=C[C@@H]1CN(C(=O)OC(C)(C)C)C[C@H]1C.C=C[C@@H]1CN(C(=O)OC(C)(C)C)C[C@H]1O. The third-order valence-corrected chi connectivity index (χ3v) is 4.91. The van der Waals surface area contributed by atoms with Gasteiger partial charge in [0.1, 0.15) is 11.2 Å². The molecule has 4 atom stereocenters. The minimum absolute atomic E-state index is 0.0440. The number of rotatable bonds is 2. The molecule has 30 heavy (non-hydrogen) atoms. The highest BCUT2D eigenvalue weighted by Crippen LogP contribution is 2.25. The summed E-state index contributed by atoms with van der Waals surface area (Å²) in [6.45, 7) is 23.0. The number of hydrogen-bond acceptors (Lipinski definition) is 5. The van der Waals surface area contributed by atoms with Crippen molar-refractivity contribution < 1.29 is 24.2 Å². The standard InChI is InChI=1S/C12H21NO2.C11H19NO3/c1-6-10-8-13(7-9(10)2)11(14)15-12(3,4)5;1-5-8-6-12(7-9(8)13)10(14)15-11(2,3)4/h6,9-10H,1,7-8H2,2-5H3;5,8-9,13H,1,6-7H2,2-4H3/t9-,10-;8-,9-/m11/s1. The van der Waals surface area contributed by atoms with Gasteiger partial charge >= 0.3 is 12.2 Å². The van der Waals surface area contributed by atoms with E-state index in [0.717, 1.165) is 13.1 Å². The maximum absolute atomic E-state index is 11.7. The van der Waals surface area contributed by atoms with Gasteiger partial charge in [-0.15, -0.1) is 13.2 Å². The summed E-state index contributed by atoms with van der Waals surface area (Å²) in [5, 5.41) is 9.59. The number of likely N-dealkylation sites (tertiary alicyclic amines) is 2. The van der Waals surface area contributed by atoms with Crippen LogP contribution in [-0.4, -0.2) is 70.6 Å². The molecular weight excluding hydrogens is 384 g/mol. The molecule has 2 rings (SSSR count). The zero-order chi connectivity index (χ0) is 23.3. The van der Waals surface area contributed by atoms with Gasteiger partial charge < -0.3 is 24.4 Å². The summed E-state index contributed by atoms with van der Waals surface area (Å²) in [6, 6.07) is 0. The number of carbonyl (C=O) groups is 2. The molecule has 0 bridgehead atoms. The molecule has 2 fully saturated rings. The van der Waals surface area contributed by atoms with Crippen molar-refractivity contribution in [2.75, 3.05) is 26.2 Å². The van der Waals surface area contributed by atoms with Crippen molar-refractivity contribution in [2.45, 2.75) is 65.8 Å². The van der Waals surface area contributed by atoms with Crippen LogP contribution in [0.1, 0.15) is 48.5 Å². The molecule has 172 valence electrons. The Morgan fingerprint density at radius 2 is 1.23 bits per heavy atom. The third-order valence-electron chi connectivity index (χ3n) is 4.91. The molecule has 0 unspecified atom stereocenters. The average Bonchev–Trinajstić information content (AvgIpc) is 3.15. The van der Waals surface area contributed by atoms with E-state index in [1.165, 1.54) is 4.90 Å². The summed E-state index contributed by atoms with van der Waals surface area (Å²) in [7, 11) is 0. The highest BCUT2D eigenvalue weighted by Gasteiger charge is 2.34. The fourth-order valence-corrected chi connectivity index (χ4v) is 3.29. The second-order valence-electron chi connectivity index (χ2n) is 10.1. The van der Waals surface area contributed by atoms with Gasteiger partial charge in [-0.05, 0) is 53.4 Å². The Morgan fingerprint density at radius 1 is 0.833 bits per heavy atom. The monoisotopic (exact) mass is 424 g/mol. The third kappa shape index (κ3) is 8.38. The maximum atomic E-state index is 11.7. The number of ether oxygens (including phenoxy) is 2. The molecule has 2 aliphatic heterocycles. The van der Waals surface area contributed by atoms with Gasteiger partial charge in [0.2, 0.25) is 0 Å². The molecule has 0 radical (unpaired) electrons. The quantitative estimate of drug-likeness (QED) is 0.676. The summed E-state index contributed by atoms with van der Waals surface area (Å²) in [5.74, 6) is 0.838. The summed E-state index contributed by atoms with van der Waals surface area (Å²) < 4.78 is 10.5. The predicted molar refractivity (Wildman–Crippen MR) is 118 cm³/mol. The van der Waals surface area contributed by atoms with Gasteiger partial charge in [-0.3, -0.25) is 0 Å². The lowest BCUT2D eigenvalue weighted by atomic mass is 9.99. The molecular formula is C23H40N2O5. The predicted octanol–water partition coefficient (Wildman–Crippen LogP) is 4.08. The van der Waals surface area contributed by atoms with Crippen LogP contribution in [-0.2, 0) is 9.47 Å². The first kappa shape index (κ1) is 26.0. The van der Waals surface area contributed by atoms with E-state index in [4.69, 9.17) is 9.47 Å². The Hall–Kier alpha value is -2.02. The Labute approximate surface area is 181 Å². The first-order chi connectivity index (χ1) is 13.7. The van der Waals surface area contributed by atoms with Crippen molar-refractivity contribution in [1.82, 2.24) is 9.80 Å². The van der Waals surface area contributed by atoms with Gasteiger partial charge in [0.25, 0.3) is 0 Å². The Morgan fingerprint density at radius 3 is 1.57 bits per heavy atom. The second-order valence-corrected chi connectivity index (χ2v) is 10.1. The number of nitrogens with zero attached hydrogens (tertiary/aromatic N) is 2. The van der Waals surface area contributed by atoms with Crippen LogP contribution < -0.4 is 0 Å². The fraction of sp³-hybridized carbons (Fsp3) is 0.739.